The van der Waals surface area contributed by atoms with Crippen molar-refractivity contribution in [1.29, 1.82) is 0 Å². The molecule has 1 aliphatic rings. The molecule has 0 aliphatic carbocycles. The lowest BCUT2D eigenvalue weighted by Crippen LogP contribution is -2.27. The van der Waals surface area contributed by atoms with Gasteiger partial charge in [0, 0.05) is 17.7 Å². The van der Waals surface area contributed by atoms with Crippen LogP contribution in [0.15, 0.2) is 63.9 Å². The van der Waals surface area contributed by atoms with E-state index in [9.17, 15) is 24.1 Å². The standard InChI is InChI=1S/C22H15FN2O5S/c1-13-6-8-16(18(10-13)25(28)29)19-9-7-15(30-19)11-20-21(26)24(22(27)31-20)12-14-4-2-3-5-17(14)23/h2-11H,12H2,1H3/b20-11-. The first kappa shape index (κ1) is 20.5. The molecule has 9 heteroatoms. The normalized spacial score (nSPS) is 15.2. The van der Waals surface area contributed by atoms with Crippen LogP contribution in [0.25, 0.3) is 17.4 Å². The summed E-state index contributed by atoms with van der Waals surface area (Å²) in [6.07, 6.45) is 1.40. The second-order valence-electron chi connectivity index (χ2n) is 6.84. The lowest BCUT2D eigenvalue weighted by Gasteiger charge is -2.12. The minimum Gasteiger partial charge on any atom is -0.456 e. The molecule has 0 atom stereocenters. The quantitative estimate of drug-likeness (QED) is 0.295. The third-order valence-electron chi connectivity index (χ3n) is 4.68. The number of imide groups is 1. The largest absolute Gasteiger partial charge is 0.456 e. The predicted octanol–water partition coefficient (Wildman–Crippen LogP) is 5.54. The van der Waals surface area contributed by atoms with Crippen molar-refractivity contribution in [3.8, 4) is 11.3 Å². The van der Waals surface area contributed by atoms with E-state index in [4.69, 9.17) is 4.42 Å². The van der Waals surface area contributed by atoms with E-state index in [1.54, 1.807) is 37.3 Å². The number of thioether (sulfide) groups is 1. The molecule has 0 N–H and O–H groups in total. The smallest absolute Gasteiger partial charge is 0.293 e. The van der Waals surface area contributed by atoms with Gasteiger partial charge in [0.05, 0.1) is 21.9 Å². The SMILES string of the molecule is Cc1ccc(-c2ccc(/C=C3\SC(=O)N(Cc4ccccc4F)C3=O)o2)c([N+](=O)[O-])c1. The number of halogens is 1. The van der Waals surface area contributed by atoms with Crippen LogP contribution < -0.4 is 0 Å². The Bertz CT molecular complexity index is 1250. The van der Waals surface area contributed by atoms with Crippen molar-refractivity contribution in [2.45, 2.75) is 13.5 Å². The minimum absolute atomic E-state index is 0.0916. The zero-order valence-corrected chi connectivity index (χ0v) is 17.0. The van der Waals surface area contributed by atoms with Crippen LogP contribution in [-0.2, 0) is 11.3 Å². The van der Waals surface area contributed by atoms with Gasteiger partial charge in [-0.05, 0) is 48.5 Å². The van der Waals surface area contributed by atoms with Crippen LogP contribution in [0.1, 0.15) is 16.9 Å². The summed E-state index contributed by atoms with van der Waals surface area (Å²) in [6, 6.07) is 13.8. The number of rotatable bonds is 5. The van der Waals surface area contributed by atoms with E-state index >= 15 is 0 Å². The third-order valence-corrected chi connectivity index (χ3v) is 5.58. The molecule has 4 rings (SSSR count). The van der Waals surface area contributed by atoms with Gasteiger partial charge in [-0.15, -0.1) is 0 Å². The molecule has 0 saturated carbocycles. The average Bonchev–Trinajstić information content (AvgIpc) is 3.29. The van der Waals surface area contributed by atoms with Crippen molar-refractivity contribution < 1.29 is 23.3 Å². The Hall–Kier alpha value is -3.72. The van der Waals surface area contributed by atoms with E-state index in [-0.39, 0.29) is 34.2 Å². The number of nitro groups is 1. The summed E-state index contributed by atoms with van der Waals surface area (Å²) in [5, 5.41) is 10.8. The van der Waals surface area contributed by atoms with Crippen molar-refractivity contribution in [2.24, 2.45) is 0 Å². The van der Waals surface area contributed by atoms with Crippen LogP contribution in [0.2, 0.25) is 0 Å². The van der Waals surface area contributed by atoms with Crippen molar-refractivity contribution in [1.82, 2.24) is 4.90 Å². The molecule has 0 bridgehead atoms. The van der Waals surface area contributed by atoms with E-state index in [0.29, 0.717) is 5.56 Å². The zero-order chi connectivity index (χ0) is 22.1. The van der Waals surface area contributed by atoms with E-state index in [1.807, 2.05) is 0 Å². The number of aryl methyl sites for hydroxylation is 1. The number of hydrogen-bond donors (Lipinski definition) is 0. The Kier molecular flexibility index (Phi) is 5.43. The summed E-state index contributed by atoms with van der Waals surface area (Å²) < 4.78 is 19.6. The van der Waals surface area contributed by atoms with Crippen molar-refractivity contribution in [3.05, 3.63) is 92.3 Å². The molecule has 1 saturated heterocycles. The number of furan rings is 1. The molecular weight excluding hydrogens is 423 g/mol. The zero-order valence-electron chi connectivity index (χ0n) is 16.2. The second kappa shape index (κ2) is 8.19. The number of carbonyl (C=O) groups is 2. The lowest BCUT2D eigenvalue weighted by molar-refractivity contribution is -0.384. The maximum Gasteiger partial charge on any atom is 0.293 e. The van der Waals surface area contributed by atoms with Gasteiger partial charge in [0.2, 0.25) is 0 Å². The topological polar surface area (TPSA) is 93.7 Å². The van der Waals surface area contributed by atoms with Crippen molar-refractivity contribution >= 4 is 34.7 Å². The van der Waals surface area contributed by atoms with Crippen LogP contribution in [-0.4, -0.2) is 21.0 Å². The van der Waals surface area contributed by atoms with Gasteiger partial charge in [-0.1, -0.05) is 24.3 Å². The van der Waals surface area contributed by atoms with E-state index in [1.165, 1.54) is 30.3 Å². The van der Waals surface area contributed by atoms with Crippen LogP contribution in [0.3, 0.4) is 0 Å². The molecule has 1 fully saturated rings. The summed E-state index contributed by atoms with van der Waals surface area (Å²) in [7, 11) is 0. The fraction of sp³-hybridized carbons (Fsp3) is 0.0909. The molecule has 1 aliphatic heterocycles. The number of hydrogen-bond acceptors (Lipinski definition) is 6. The maximum atomic E-state index is 13.9. The van der Waals surface area contributed by atoms with Gasteiger partial charge in [-0.3, -0.25) is 24.6 Å². The number of carbonyl (C=O) groups excluding carboxylic acids is 2. The van der Waals surface area contributed by atoms with Gasteiger partial charge in [0.15, 0.2) is 0 Å². The van der Waals surface area contributed by atoms with E-state index in [0.717, 1.165) is 22.2 Å². The van der Waals surface area contributed by atoms with Crippen LogP contribution in [0, 0.1) is 22.9 Å². The molecule has 0 radical (unpaired) electrons. The monoisotopic (exact) mass is 438 g/mol. The molecule has 3 aromatic rings. The lowest BCUT2D eigenvalue weighted by atomic mass is 10.1. The first-order valence-corrected chi connectivity index (χ1v) is 9.99. The molecule has 0 spiro atoms. The Morgan fingerprint density at radius 2 is 1.94 bits per heavy atom. The molecule has 2 amide bonds. The highest BCUT2D eigenvalue weighted by Crippen LogP contribution is 2.36. The summed E-state index contributed by atoms with van der Waals surface area (Å²) in [5.74, 6) is -0.525. The van der Waals surface area contributed by atoms with E-state index < -0.39 is 21.9 Å². The molecule has 2 heterocycles. The molecule has 7 nitrogen and oxygen atoms in total. The van der Waals surface area contributed by atoms with Crippen LogP contribution in [0.5, 0.6) is 0 Å². The summed E-state index contributed by atoms with van der Waals surface area (Å²) in [5.41, 5.74) is 1.19. The Morgan fingerprint density at radius 3 is 2.68 bits per heavy atom. The molecule has 0 unspecified atom stereocenters. The van der Waals surface area contributed by atoms with Crippen molar-refractivity contribution in [3.63, 3.8) is 0 Å². The molecule has 31 heavy (non-hydrogen) atoms. The van der Waals surface area contributed by atoms with Gasteiger partial charge in [-0.25, -0.2) is 4.39 Å². The van der Waals surface area contributed by atoms with E-state index in [2.05, 4.69) is 0 Å². The number of benzene rings is 2. The highest BCUT2D eigenvalue weighted by molar-refractivity contribution is 8.18. The van der Waals surface area contributed by atoms with Gasteiger partial charge >= 0.3 is 0 Å². The predicted molar refractivity (Wildman–Crippen MR) is 113 cm³/mol. The van der Waals surface area contributed by atoms with Gasteiger partial charge in [0.25, 0.3) is 16.8 Å². The number of amides is 2. The molecule has 1 aromatic heterocycles. The Labute approximate surface area is 180 Å². The van der Waals surface area contributed by atoms with Gasteiger partial charge in [0.1, 0.15) is 17.3 Å². The highest BCUT2D eigenvalue weighted by Gasteiger charge is 2.35. The first-order valence-electron chi connectivity index (χ1n) is 9.17. The molecule has 2 aromatic carbocycles. The van der Waals surface area contributed by atoms with Crippen LogP contribution >= 0.6 is 11.8 Å². The fourth-order valence-corrected chi connectivity index (χ4v) is 3.96. The Morgan fingerprint density at radius 1 is 1.16 bits per heavy atom. The summed E-state index contributed by atoms with van der Waals surface area (Å²) in [6.45, 7) is 1.58. The summed E-state index contributed by atoms with van der Waals surface area (Å²) >= 11 is 0.725. The van der Waals surface area contributed by atoms with Crippen molar-refractivity contribution in [2.75, 3.05) is 0 Å². The Balaban J connectivity index is 1.59. The maximum absolute atomic E-state index is 13.9. The highest BCUT2D eigenvalue weighted by atomic mass is 32.2. The van der Waals surface area contributed by atoms with Gasteiger partial charge in [-0.2, -0.15) is 0 Å². The number of nitro benzene ring substituents is 1. The second-order valence-corrected chi connectivity index (χ2v) is 7.83. The van der Waals surface area contributed by atoms with Gasteiger partial charge < -0.3 is 4.42 Å². The third kappa shape index (κ3) is 4.13. The summed E-state index contributed by atoms with van der Waals surface area (Å²) in [4.78, 5) is 36.9. The fourth-order valence-electron chi connectivity index (χ4n) is 3.14. The molecule has 156 valence electrons. The minimum atomic E-state index is -0.558. The molecular formula is C22H15FN2O5S. The average molecular weight is 438 g/mol. The van der Waals surface area contributed by atoms with Crippen LogP contribution in [0.4, 0.5) is 14.9 Å². The number of nitrogens with zero attached hydrogens (tertiary/aromatic N) is 2. The first-order chi connectivity index (χ1) is 14.8.